The largest absolute Gasteiger partial charge is 0.395 e. The number of nitrogens with two attached hydrogens (primary N) is 1. The van der Waals surface area contributed by atoms with Gasteiger partial charge >= 0.3 is 0 Å². The van der Waals surface area contributed by atoms with E-state index < -0.39 is 18.6 Å². The van der Waals surface area contributed by atoms with Crippen molar-refractivity contribution in [1.29, 1.82) is 0 Å². The van der Waals surface area contributed by atoms with Crippen molar-refractivity contribution in [2.75, 3.05) is 37.8 Å². The van der Waals surface area contributed by atoms with Crippen molar-refractivity contribution in [1.82, 2.24) is 29.5 Å². The Kier molecular flexibility index (Phi) is 7.46. The molecule has 6 heterocycles. The number of thioether (sulfide) groups is 1. The number of ketones is 1. The molecule has 0 aliphatic carbocycles. The van der Waals surface area contributed by atoms with E-state index in [9.17, 15) is 19.8 Å². The fourth-order valence-corrected chi connectivity index (χ4v) is 6.73. The van der Waals surface area contributed by atoms with Crippen LogP contribution in [0.2, 0.25) is 0 Å². The highest BCUT2D eigenvalue weighted by atomic mass is 32.2. The summed E-state index contributed by atoms with van der Waals surface area (Å²) in [5.41, 5.74) is 11.4. The smallest absolute Gasteiger partial charge is 0.233 e. The number of amides is 1. The quantitative estimate of drug-likeness (QED) is 0.274. The zero-order chi connectivity index (χ0) is 29.6. The SMILES string of the molecule is CC(=O)c1c(C2CCN(C(=O)C(C)(CO)CO)CC2)nc2c(-c3ccc(-c4cnc5c(c4)CCS5)nc3)cnn2c1N. The minimum Gasteiger partial charge on any atom is -0.395 e. The molecule has 11 nitrogen and oxygen atoms in total. The predicted octanol–water partition coefficient (Wildman–Crippen LogP) is 2.98. The van der Waals surface area contributed by atoms with E-state index in [0.717, 1.165) is 39.6 Å². The second-order valence-electron chi connectivity index (χ2n) is 11.3. The third kappa shape index (κ3) is 4.83. The zero-order valence-electron chi connectivity index (χ0n) is 23.6. The molecule has 4 N–H and O–H groups in total. The van der Waals surface area contributed by atoms with Crippen LogP contribution in [0.3, 0.4) is 0 Å². The van der Waals surface area contributed by atoms with Crippen LogP contribution in [0.25, 0.3) is 28.0 Å². The number of fused-ring (bicyclic) bond motifs is 2. The highest BCUT2D eigenvalue weighted by molar-refractivity contribution is 7.99. The van der Waals surface area contributed by atoms with Crippen molar-refractivity contribution < 1.29 is 19.8 Å². The molecule has 1 fully saturated rings. The molecule has 0 saturated carbocycles. The molecule has 6 rings (SSSR count). The molecule has 0 radical (unpaired) electrons. The van der Waals surface area contributed by atoms with E-state index in [1.54, 1.807) is 36.0 Å². The number of hydrogen-bond donors (Lipinski definition) is 3. The number of rotatable bonds is 7. The van der Waals surface area contributed by atoms with Crippen molar-refractivity contribution in [2.24, 2.45) is 5.41 Å². The number of aliphatic hydroxyl groups is 2. The number of aryl methyl sites for hydroxylation is 1. The third-order valence-corrected chi connectivity index (χ3v) is 9.40. The fraction of sp³-hybridized carbons (Fsp3) is 0.400. The van der Waals surface area contributed by atoms with Crippen molar-refractivity contribution in [3.05, 3.63) is 53.6 Å². The van der Waals surface area contributed by atoms with Gasteiger partial charge in [0.15, 0.2) is 11.4 Å². The average Bonchev–Trinajstić information content (AvgIpc) is 3.67. The van der Waals surface area contributed by atoms with Crippen molar-refractivity contribution in [2.45, 2.75) is 44.1 Å². The van der Waals surface area contributed by atoms with Crippen molar-refractivity contribution in [3.8, 4) is 22.4 Å². The van der Waals surface area contributed by atoms with E-state index in [0.29, 0.717) is 42.8 Å². The Morgan fingerprint density at radius 3 is 2.50 bits per heavy atom. The Labute approximate surface area is 247 Å². The van der Waals surface area contributed by atoms with Crippen LogP contribution < -0.4 is 5.73 Å². The maximum Gasteiger partial charge on any atom is 0.233 e. The minimum atomic E-state index is -1.23. The third-order valence-electron chi connectivity index (χ3n) is 8.35. The van der Waals surface area contributed by atoms with Gasteiger partial charge < -0.3 is 20.8 Å². The number of nitrogens with zero attached hydrogens (tertiary/aromatic N) is 6. The van der Waals surface area contributed by atoms with Crippen LogP contribution in [0.1, 0.15) is 54.2 Å². The van der Waals surface area contributed by atoms with Crippen LogP contribution in [0.5, 0.6) is 0 Å². The summed E-state index contributed by atoms with van der Waals surface area (Å²) in [6.45, 7) is 2.97. The Hall–Kier alpha value is -3.87. The molecule has 1 amide bonds. The fourth-order valence-electron chi connectivity index (χ4n) is 5.74. The summed E-state index contributed by atoms with van der Waals surface area (Å²) in [6.07, 6.45) is 7.47. The van der Waals surface area contributed by atoms with E-state index in [-0.39, 0.29) is 23.4 Å². The second-order valence-corrected chi connectivity index (χ2v) is 12.4. The van der Waals surface area contributed by atoms with Crippen molar-refractivity contribution in [3.63, 3.8) is 0 Å². The number of pyridine rings is 2. The highest BCUT2D eigenvalue weighted by Crippen LogP contribution is 2.36. The van der Waals surface area contributed by atoms with Crippen LogP contribution in [0.4, 0.5) is 5.82 Å². The van der Waals surface area contributed by atoms with Crippen LogP contribution in [0.15, 0.2) is 41.8 Å². The van der Waals surface area contributed by atoms with E-state index in [4.69, 9.17) is 15.7 Å². The summed E-state index contributed by atoms with van der Waals surface area (Å²) in [4.78, 5) is 41.6. The van der Waals surface area contributed by atoms with Gasteiger partial charge in [-0.25, -0.2) is 9.97 Å². The summed E-state index contributed by atoms with van der Waals surface area (Å²) in [6, 6.07) is 6.09. The highest BCUT2D eigenvalue weighted by Gasteiger charge is 2.38. The number of Topliss-reactive ketones (excluding diaryl/α,β-unsaturated/α-hetero) is 1. The lowest BCUT2D eigenvalue weighted by molar-refractivity contribution is -0.147. The molecule has 12 heteroatoms. The van der Waals surface area contributed by atoms with Gasteiger partial charge in [-0.2, -0.15) is 9.61 Å². The predicted molar refractivity (Wildman–Crippen MR) is 159 cm³/mol. The van der Waals surface area contributed by atoms with Gasteiger partial charge in [0.25, 0.3) is 0 Å². The number of likely N-dealkylation sites (tertiary alicyclic amines) is 1. The Bertz CT molecular complexity index is 1680. The summed E-state index contributed by atoms with van der Waals surface area (Å²) >= 11 is 1.78. The molecule has 0 atom stereocenters. The lowest BCUT2D eigenvalue weighted by atomic mass is 9.86. The molecule has 42 heavy (non-hydrogen) atoms. The number of carbonyl (C=O) groups excluding carboxylic acids is 2. The first kappa shape index (κ1) is 28.3. The van der Waals surface area contributed by atoms with E-state index >= 15 is 0 Å². The summed E-state index contributed by atoms with van der Waals surface area (Å²) in [5.74, 6) is 0.688. The number of carbonyl (C=O) groups is 2. The Morgan fingerprint density at radius 1 is 1.10 bits per heavy atom. The number of hydrogen-bond acceptors (Lipinski definition) is 10. The second kappa shape index (κ2) is 11.1. The first-order valence-corrected chi connectivity index (χ1v) is 15.0. The molecule has 4 aromatic rings. The number of anilines is 1. The van der Waals surface area contributed by atoms with E-state index in [2.05, 4.69) is 16.1 Å². The first-order valence-electron chi connectivity index (χ1n) is 14.0. The van der Waals surface area contributed by atoms with Gasteiger partial charge in [0, 0.05) is 53.8 Å². The van der Waals surface area contributed by atoms with Crippen LogP contribution in [0, 0.1) is 5.41 Å². The molecule has 4 aromatic heterocycles. The standard InChI is InChI=1S/C30H33N7O4S/c1-17(40)24-25(18-5-8-36(9-6-18)29(41)30(2,15-38)16-39)35-27-22(14-34-37(27)26(24)31)20-3-4-23(32-12-20)21-11-19-7-10-42-28(19)33-13-21/h3-4,11-14,18,38-39H,5-10,15-16,31H2,1-2H3. The van der Waals surface area contributed by atoms with Gasteiger partial charge in [-0.15, -0.1) is 11.8 Å². The molecule has 0 unspecified atom stereocenters. The average molecular weight is 588 g/mol. The van der Waals surface area contributed by atoms with Crippen molar-refractivity contribution >= 4 is 34.9 Å². The molecule has 2 aliphatic heterocycles. The summed E-state index contributed by atoms with van der Waals surface area (Å²) < 4.78 is 1.50. The summed E-state index contributed by atoms with van der Waals surface area (Å²) in [7, 11) is 0. The maximum atomic E-state index is 13.0. The van der Waals surface area contributed by atoms with Gasteiger partial charge in [-0.3, -0.25) is 14.6 Å². The Morgan fingerprint density at radius 2 is 1.83 bits per heavy atom. The van der Waals surface area contributed by atoms with Gasteiger partial charge in [0.05, 0.1) is 46.8 Å². The van der Waals surface area contributed by atoms with Gasteiger partial charge in [-0.05, 0) is 50.8 Å². The Balaban J connectivity index is 1.31. The monoisotopic (exact) mass is 587 g/mol. The topological polar surface area (TPSA) is 160 Å². The number of aromatic nitrogens is 5. The molecule has 218 valence electrons. The molecule has 2 aliphatic rings. The summed E-state index contributed by atoms with van der Waals surface area (Å²) in [5, 5.41) is 24.9. The van der Waals surface area contributed by atoms with Gasteiger partial charge in [-0.1, -0.05) is 6.07 Å². The van der Waals surface area contributed by atoms with Crippen LogP contribution >= 0.6 is 11.8 Å². The molecule has 1 saturated heterocycles. The molecular formula is C30H33N7O4S. The number of nitrogen functional groups attached to an aromatic ring is 1. The lowest BCUT2D eigenvalue weighted by Gasteiger charge is -2.37. The zero-order valence-corrected chi connectivity index (χ0v) is 24.4. The lowest BCUT2D eigenvalue weighted by Crippen LogP contribution is -2.49. The van der Waals surface area contributed by atoms with Crippen LogP contribution in [-0.2, 0) is 11.2 Å². The molecule has 0 aromatic carbocycles. The van der Waals surface area contributed by atoms with E-state index in [1.807, 2.05) is 18.3 Å². The van der Waals surface area contributed by atoms with Crippen LogP contribution in [-0.4, -0.2) is 83.4 Å². The minimum absolute atomic E-state index is 0.108. The van der Waals surface area contributed by atoms with E-state index in [1.165, 1.54) is 17.0 Å². The molecule has 0 bridgehead atoms. The number of piperidine rings is 1. The molecular weight excluding hydrogens is 554 g/mol. The molecule has 0 spiro atoms. The number of aliphatic hydroxyl groups excluding tert-OH is 2. The van der Waals surface area contributed by atoms with Gasteiger partial charge in [0.2, 0.25) is 5.91 Å². The van der Waals surface area contributed by atoms with Gasteiger partial charge in [0.1, 0.15) is 5.82 Å². The maximum absolute atomic E-state index is 13.0. The first-order chi connectivity index (χ1) is 20.2. The normalized spacial score (nSPS) is 15.8.